The van der Waals surface area contributed by atoms with Crippen molar-refractivity contribution in [1.29, 1.82) is 0 Å². The van der Waals surface area contributed by atoms with Gasteiger partial charge in [0, 0.05) is 30.9 Å². The second-order valence-corrected chi connectivity index (χ2v) is 5.17. The highest BCUT2D eigenvalue weighted by molar-refractivity contribution is 7.13. The van der Waals surface area contributed by atoms with E-state index in [4.69, 9.17) is 11.5 Å². The maximum atomic E-state index is 11.8. The summed E-state index contributed by atoms with van der Waals surface area (Å²) >= 11 is 1.45. The van der Waals surface area contributed by atoms with E-state index >= 15 is 0 Å². The van der Waals surface area contributed by atoms with E-state index in [1.165, 1.54) is 16.2 Å². The van der Waals surface area contributed by atoms with Crippen molar-refractivity contribution in [2.45, 2.75) is 19.0 Å². The van der Waals surface area contributed by atoms with Crippen molar-refractivity contribution in [2.24, 2.45) is 11.5 Å². The number of ketones is 1. The first-order chi connectivity index (χ1) is 7.61. The van der Waals surface area contributed by atoms with E-state index in [2.05, 4.69) is 16.9 Å². The third-order valence-electron chi connectivity index (χ3n) is 2.72. The molecule has 0 saturated heterocycles. The number of nitrogens with zero attached hydrogens (tertiary/aromatic N) is 2. The van der Waals surface area contributed by atoms with Crippen molar-refractivity contribution in [1.82, 2.24) is 9.88 Å². The van der Waals surface area contributed by atoms with Crippen LogP contribution in [0.2, 0.25) is 0 Å². The van der Waals surface area contributed by atoms with Crippen molar-refractivity contribution in [3.63, 3.8) is 0 Å². The van der Waals surface area contributed by atoms with Crippen molar-refractivity contribution in [3.05, 3.63) is 15.6 Å². The van der Waals surface area contributed by atoms with Gasteiger partial charge < -0.3 is 16.4 Å². The number of carbonyl (C=O) groups is 1. The number of rotatable bonds is 3. The molecule has 0 bridgehead atoms. The fraction of sp³-hybridized carbons (Fsp3) is 0.600. The Hall–Kier alpha value is -0.530. The lowest BCUT2D eigenvalue weighted by Crippen LogP contribution is -2.37. The molecule has 0 fully saturated rings. The van der Waals surface area contributed by atoms with Crippen LogP contribution < -0.4 is 11.5 Å². The fourth-order valence-electron chi connectivity index (χ4n) is 1.69. The van der Waals surface area contributed by atoms with Gasteiger partial charge in [-0.2, -0.15) is 0 Å². The Morgan fingerprint density at radius 1 is 1.65 bits per heavy atom. The first kappa shape index (κ1) is 14.5. The van der Waals surface area contributed by atoms with E-state index in [0.717, 1.165) is 25.2 Å². The zero-order valence-corrected chi connectivity index (χ0v) is 11.3. The summed E-state index contributed by atoms with van der Waals surface area (Å²) in [4.78, 5) is 19.6. The topological polar surface area (TPSA) is 85.2 Å². The number of hydrogen-bond acceptors (Lipinski definition) is 6. The zero-order valence-electron chi connectivity index (χ0n) is 9.68. The highest BCUT2D eigenvalue weighted by Gasteiger charge is 2.23. The first-order valence-electron chi connectivity index (χ1n) is 5.28. The summed E-state index contributed by atoms with van der Waals surface area (Å²) in [5.41, 5.74) is 12.0. The second-order valence-electron chi connectivity index (χ2n) is 4.08. The molecule has 7 heteroatoms. The predicted molar refractivity (Wildman–Crippen MR) is 70.8 cm³/mol. The van der Waals surface area contributed by atoms with Gasteiger partial charge in [-0.3, -0.25) is 4.79 Å². The zero-order chi connectivity index (χ0) is 11.7. The molecule has 1 aromatic rings. The molecule has 0 saturated carbocycles. The van der Waals surface area contributed by atoms with Crippen molar-refractivity contribution < 1.29 is 4.79 Å². The molecule has 0 spiro atoms. The fourth-order valence-corrected chi connectivity index (χ4v) is 2.89. The molecule has 0 radical (unpaired) electrons. The molecule has 0 aliphatic carbocycles. The summed E-state index contributed by atoms with van der Waals surface area (Å²) in [7, 11) is 2.07. The molecule has 1 atom stereocenters. The summed E-state index contributed by atoms with van der Waals surface area (Å²) in [5, 5.41) is 0.512. The third kappa shape index (κ3) is 3.02. The maximum absolute atomic E-state index is 11.8. The van der Waals surface area contributed by atoms with Crippen LogP contribution in [-0.4, -0.2) is 41.8 Å². The van der Waals surface area contributed by atoms with Gasteiger partial charge >= 0.3 is 0 Å². The minimum atomic E-state index is -0.620. The lowest BCUT2D eigenvalue weighted by atomic mass is 10.2. The Morgan fingerprint density at radius 2 is 2.35 bits per heavy atom. The van der Waals surface area contributed by atoms with Crippen LogP contribution in [-0.2, 0) is 13.0 Å². The molecule has 0 amide bonds. The monoisotopic (exact) mass is 276 g/mol. The average molecular weight is 277 g/mol. The van der Waals surface area contributed by atoms with Crippen molar-refractivity contribution in [3.8, 4) is 0 Å². The molecular formula is C10H17ClN4OS. The van der Waals surface area contributed by atoms with Gasteiger partial charge in [-0.1, -0.05) is 0 Å². The number of fused-ring (bicyclic) bond motifs is 1. The highest BCUT2D eigenvalue weighted by Crippen LogP contribution is 2.24. The number of thiazole rings is 1. The van der Waals surface area contributed by atoms with Gasteiger partial charge in [0.25, 0.3) is 0 Å². The largest absolute Gasteiger partial charge is 0.328 e. The van der Waals surface area contributed by atoms with Crippen LogP contribution in [0.25, 0.3) is 0 Å². The van der Waals surface area contributed by atoms with E-state index in [1.54, 1.807) is 0 Å². The molecule has 2 rings (SSSR count). The van der Waals surface area contributed by atoms with Gasteiger partial charge in [0.1, 0.15) is 0 Å². The lowest BCUT2D eigenvalue weighted by molar-refractivity contribution is 0.0964. The van der Waals surface area contributed by atoms with Crippen molar-refractivity contribution >= 4 is 29.5 Å². The number of aromatic nitrogens is 1. The molecule has 1 aliphatic heterocycles. The van der Waals surface area contributed by atoms with Crippen LogP contribution in [0.3, 0.4) is 0 Å². The molecule has 2 heterocycles. The van der Waals surface area contributed by atoms with Crippen LogP contribution >= 0.6 is 23.7 Å². The number of likely N-dealkylation sites (N-methyl/N-ethyl adjacent to an activating group) is 1. The summed E-state index contributed by atoms with van der Waals surface area (Å²) < 4.78 is 0. The molecule has 1 aliphatic rings. The lowest BCUT2D eigenvalue weighted by Gasteiger charge is -2.20. The summed E-state index contributed by atoms with van der Waals surface area (Å²) in [6, 6.07) is -0.620. The van der Waals surface area contributed by atoms with E-state index in [1.807, 2.05) is 0 Å². The molecule has 4 N–H and O–H groups in total. The Kier molecular flexibility index (Phi) is 5.03. The van der Waals surface area contributed by atoms with Crippen LogP contribution in [0.4, 0.5) is 0 Å². The van der Waals surface area contributed by atoms with Crippen LogP contribution in [0.1, 0.15) is 20.4 Å². The number of nitrogens with two attached hydrogens (primary N) is 2. The van der Waals surface area contributed by atoms with Gasteiger partial charge in [-0.05, 0) is 7.05 Å². The maximum Gasteiger partial charge on any atom is 0.209 e. The highest BCUT2D eigenvalue weighted by atomic mass is 35.5. The smallest absolute Gasteiger partial charge is 0.209 e. The van der Waals surface area contributed by atoms with Crippen LogP contribution in [0, 0.1) is 0 Å². The second kappa shape index (κ2) is 5.88. The molecule has 5 nitrogen and oxygen atoms in total. The summed E-state index contributed by atoms with van der Waals surface area (Å²) in [6.45, 7) is 2.04. The number of Topliss-reactive ketones (excluding diaryl/α,β-unsaturated/α-hetero) is 1. The molecule has 0 aromatic carbocycles. The molecule has 96 valence electrons. The number of halogens is 1. The van der Waals surface area contributed by atoms with E-state index in [9.17, 15) is 4.79 Å². The van der Waals surface area contributed by atoms with Gasteiger partial charge in [-0.15, -0.1) is 23.7 Å². The van der Waals surface area contributed by atoms with Crippen molar-refractivity contribution in [2.75, 3.05) is 20.1 Å². The predicted octanol–water partition coefficient (Wildman–Crippen LogP) is 0.0215. The molecular weight excluding hydrogens is 260 g/mol. The first-order valence-corrected chi connectivity index (χ1v) is 6.10. The number of hydrogen-bond donors (Lipinski definition) is 2. The average Bonchev–Trinajstić information content (AvgIpc) is 2.69. The SMILES string of the molecule is CN1CCc2nc(C(=O)C(N)CN)sc2C1.Cl. The van der Waals surface area contributed by atoms with Gasteiger partial charge in [-0.25, -0.2) is 4.98 Å². The summed E-state index contributed by atoms with van der Waals surface area (Å²) in [5.74, 6) is -0.135. The Balaban J connectivity index is 0.00000144. The normalized spacial score (nSPS) is 17.1. The minimum absolute atomic E-state index is 0. The Morgan fingerprint density at radius 3 is 3.00 bits per heavy atom. The summed E-state index contributed by atoms with van der Waals surface area (Å²) in [6.07, 6.45) is 0.910. The van der Waals surface area contributed by atoms with E-state index in [-0.39, 0.29) is 24.7 Å². The number of carbonyl (C=O) groups excluding carboxylic acids is 1. The minimum Gasteiger partial charge on any atom is -0.328 e. The molecule has 17 heavy (non-hydrogen) atoms. The van der Waals surface area contributed by atoms with Crippen LogP contribution in [0.5, 0.6) is 0 Å². The Bertz CT molecular complexity index is 409. The molecule has 1 unspecified atom stereocenters. The van der Waals surface area contributed by atoms with Crippen LogP contribution in [0.15, 0.2) is 0 Å². The molecule has 1 aromatic heterocycles. The standard InChI is InChI=1S/C10H16N4OS.ClH/c1-14-3-2-7-8(5-14)16-10(13-7)9(15)6(12)4-11;/h6H,2-5,11-12H2,1H3;1H. The van der Waals surface area contributed by atoms with Gasteiger partial charge in [0.2, 0.25) is 5.78 Å². The van der Waals surface area contributed by atoms with Gasteiger partial charge in [0.05, 0.1) is 11.7 Å². The van der Waals surface area contributed by atoms with Gasteiger partial charge in [0.15, 0.2) is 5.01 Å². The Labute approximate surface area is 111 Å². The quantitative estimate of drug-likeness (QED) is 0.761. The van der Waals surface area contributed by atoms with E-state index in [0.29, 0.717) is 5.01 Å². The van der Waals surface area contributed by atoms with E-state index < -0.39 is 6.04 Å². The third-order valence-corrected chi connectivity index (χ3v) is 3.82.